The highest BCUT2D eigenvalue weighted by Gasteiger charge is 2.34. The van der Waals surface area contributed by atoms with Gasteiger partial charge in [0.1, 0.15) is 5.76 Å². The van der Waals surface area contributed by atoms with E-state index >= 15 is 0 Å². The Morgan fingerprint density at radius 3 is 2.59 bits per heavy atom. The smallest absolute Gasteiger partial charge is 0.418 e. The molecule has 0 aliphatic rings. The van der Waals surface area contributed by atoms with Crippen LogP contribution < -0.4 is 0 Å². The van der Waals surface area contributed by atoms with Crippen molar-refractivity contribution in [2.24, 2.45) is 0 Å². The number of aldehydes is 1. The van der Waals surface area contributed by atoms with Crippen molar-refractivity contribution < 1.29 is 22.4 Å². The molecular weight excluding hydrogens is 297 g/mol. The van der Waals surface area contributed by atoms with Gasteiger partial charge in [-0.2, -0.15) is 13.2 Å². The molecule has 0 bridgehead atoms. The van der Waals surface area contributed by atoms with Crippen LogP contribution in [-0.4, -0.2) is 15.8 Å². The molecule has 0 saturated heterocycles. The Morgan fingerprint density at radius 2 is 2.00 bits per heavy atom. The van der Waals surface area contributed by atoms with E-state index in [2.05, 4.69) is 4.98 Å². The summed E-state index contributed by atoms with van der Waals surface area (Å²) >= 11 is 0. The molecule has 0 unspecified atom stereocenters. The standard InChI is InChI=1S/C15H9F3N2O2/c16-15(17,18)12-7-10(14-4-2-11(8-21)22-14)1-3-13(12)20-6-5-19-9-20/h1-9H. The molecule has 0 fully saturated rings. The van der Waals surface area contributed by atoms with Crippen LogP contribution in [0.2, 0.25) is 0 Å². The van der Waals surface area contributed by atoms with E-state index in [0.29, 0.717) is 6.29 Å². The third-order valence-corrected chi connectivity index (χ3v) is 3.11. The maximum absolute atomic E-state index is 13.3. The summed E-state index contributed by atoms with van der Waals surface area (Å²) in [4.78, 5) is 14.4. The summed E-state index contributed by atoms with van der Waals surface area (Å²) in [6, 6.07) is 6.68. The first-order valence-electron chi connectivity index (χ1n) is 6.24. The fourth-order valence-corrected chi connectivity index (χ4v) is 2.11. The van der Waals surface area contributed by atoms with Crippen LogP contribution in [0.4, 0.5) is 13.2 Å². The van der Waals surface area contributed by atoms with Crippen LogP contribution in [0, 0.1) is 0 Å². The number of hydrogen-bond acceptors (Lipinski definition) is 3. The van der Waals surface area contributed by atoms with Crippen molar-refractivity contribution in [3.05, 3.63) is 60.4 Å². The fraction of sp³-hybridized carbons (Fsp3) is 0.0667. The zero-order valence-corrected chi connectivity index (χ0v) is 11.0. The van der Waals surface area contributed by atoms with E-state index in [4.69, 9.17) is 4.42 Å². The van der Waals surface area contributed by atoms with Crippen LogP contribution in [0.1, 0.15) is 16.1 Å². The van der Waals surface area contributed by atoms with Crippen LogP contribution in [0.15, 0.2) is 53.5 Å². The maximum Gasteiger partial charge on any atom is 0.418 e. The van der Waals surface area contributed by atoms with Crippen LogP contribution in [0.25, 0.3) is 17.0 Å². The van der Waals surface area contributed by atoms with Gasteiger partial charge < -0.3 is 8.98 Å². The van der Waals surface area contributed by atoms with Gasteiger partial charge in [0.15, 0.2) is 12.0 Å². The molecule has 0 spiro atoms. The summed E-state index contributed by atoms with van der Waals surface area (Å²) in [6.45, 7) is 0. The number of benzene rings is 1. The second-order valence-corrected chi connectivity index (χ2v) is 4.52. The lowest BCUT2D eigenvalue weighted by atomic mass is 10.1. The number of nitrogens with zero attached hydrogens (tertiary/aromatic N) is 2. The van der Waals surface area contributed by atoms with Crippen molar-refractivity contribution in [1.82, 2.24) is 9.55 Å². The summed E-state index contributed by atoms with van der Waals surface area (Å²) < 4.78 is 46.3. The van der Waals surface area contributed by atoms with E-state index in [-0.39, 0.29) is 22.8 Å². The lowest BCUT2D eigenvalue weighted by Crippen LogP contribution is -2.10. The molecule has 4 nitrogen and oxygen atoms in total. The predicted octanol–water partition coefficient (Wildman–Crippen LogP) is 3.96. The van der Waals surface area contributed by atoms with E-state index < -0.39 is 11.7 Å². The molecule has 0 radical (unpaired) electrons. The third kappa shape index (κ3) is 2.52. The topological polar surface area (TPSA) is 48.0 Å². The summed E-state index contributed by atoms with van der Waals surface area (Å²) in [5.41, 5.74) is -0.604. The molecule has 7 heteroatoms. The Morgan fingerprint density at radius 1 is 1.18 bits per heavy atom. The van der Waals surface area contributed by atoms with E-state index in [1.54, 1.807) is 0 Å². The van der Waals surface area contributed by atoms with E-state index in [0.717, 1.165) is 6.07 Å². The van der Waals surface area contributed by atoms with Crippen molar-refractivity contribution >= 4 is 6.29 Å². The SMILES string of the molecule is O=Cc1ccc(-c2ccc(-n3ccnc3)c(C(F)(F)F)c2)o1. The highest BCUT2D eigenvalue weighted by atomic mass is 19.4. The summed E-state index contributed by atoms with van der Waals surface area (Å²) in [6.07, 6.45) is 0.0872. The predicted molar refractivity (Wildman–Crippen MR) is 71.7 cm³/mol. The number of alkyl halides is 3. The Kier molecular flexibility index (Phi) is 3.32. The molecule has 112 valence electrons. The summed E-state index contributed by atoms with van der Waals surface area (Å²) in [5.74, 6) is 0.257. The fourth-order valence-electron chi connectivity index (χ4n) is 2.11. The van der Waals surface area contributed by atoms with Gasteiger partial charge >= 0.3 is 6.18 Å². The molecule has 1 aromatic carbocycles. The number of furan rings is 1. The first-order chi connectivity index (χ1) is 10.5. The first-order valence-corrected chi connectivity index (χ1v) is 6.24. The van der Waals surface area contributed by atoms with Gasteiger partial charge in [0.05, 0.1) is 17.6 Å². The second-order valence-electron chi connectivity index (χ2n) is 4.52. The molecule has 22 heavy (non-hydrogen) atoms. The van der Waals surface area contributed by atoms with Crippen LogP contribution in [0.3, 0.4) is 0 Å². The largest absolute Gasteiger partial charge is 0.453 e. The molecule has 2 heterocycles. The summed E-state index contributed by atoms with van der Waals surface area (Å²) in [7, 11) is 0. The van der Waals surface area contributed by atoms with Crippen LogP contribution >= 0.6 is 0 Å². The second kappa shape index (κ2) is 5.18. The Balaban J connectivity index is 2.14. The van der Waals surface area contributed by atoms with Gasteiger partial charge in [-0.15, -0.1) is 0 Å². The van der Waals surface area contributed by atoms with Crippen molar-refractivity contribution in [2.45, 2.75) is 6.18 Å². The van der Waals surface area contributed by atoms with Crippen molar-refractivity contribution in [1.29, 1.82) is 0 Å². The molecule has 0 amide bonds. The van der Waals surface area contributed by atoms with E-state index in [1.165, 1.54) is 47.6 Å². The number of carbonyl (C=O) groups excluding carboxylic acids is 1. The van der Waals surface area contributed by atoms with Crippen LogP contribution in [0.5, 0.6) is 0 Å². The summed E-state index contributed by atoms with van der Waals surface area (Å²) in [5, 5.41) is 0. The van der Waals surface area contributed by atoms with Crippen molar-refractivity contribution in [2.75, 3.05) is 0 Å². The lowest BCUT2D eigenvalue weighted by molar-refractivity contribution is -0.137. The highest BCUT2D eigenvalue weighted by molar-refractivity contribution is 5.73. The average molecular weight is 306 g/mol. The Hall–Kier alpha value is -2.83. The number of rotatable bonds is 3. The molecule has 0 atom stereocenters. The van der Waals surface area contributed by atoms with Gasteiger partial charge in [0, 0.05) is 18.0 Å². The lowest BCUT2D eigenvalue weighted by Gasteiger charge is -2.14. The molecular formula is C15H9F3N2O2. The Labute approximate surface area is 122 Å². The van der Waals surface area contributed by atoms with E-state index in [9.17, 15) is 18.0 Å². The monoisotopic (exact) mass is 306 g/mol. The molecule has 0 saturated carbocycles. The van der Waals surface area contributed by atoms with Gasteiger partial charge in [0.2, 0.25) is 0 Å². The zero-order valence-electron chi connectivity index (χ0n) is 11.0. The minimum absolute atomic E-state index is 0.0316. The minimum Gasteiger partial charge on any atom is -0.453 e. The zero-order chi connectivity index (χ0) is 15.7. The first kappa shape index (κ1) is 14.1. The molecule has 0 aliphatic carbocycles. The van der Waals surface area contributed by atoms with Gasteiger partial charge in [-0.1, -0.05) is 0 Å². The average Bonchev–Trinajstić information content (AvgIpc) is 3.17. The van der Waals surface area contributed by atoms with Crippen molar-refractivity contribution in [3.8, 4) is 17.0 Å². The Bertz CT molecular complexity index is 805. The molecule has 3 aromatic rings. The van der Waals surface area contributed by atoms with Gasteiger partial charge in [-0.3, -0.25) is 4.79 Å². The maximum atomic E-state index is 13.3. The minimum atomic E-state index is -4.53. The number of aromatic nitrogens is 2. The number of imidazole rings is 1. The number of halogens is 3. The molecule has 0 N–H and O–H groups in total. The van der Waals surface area contributed by atoms with Gasteiger partial charge in [-0.05, 0) is 30.3 Å². The molecule has 2 aromatic heterocycles. The van der Waals surface area contributed by atoms with Gasteiger partial charge in [-0.25, -0.2) is 4.98 Å². The van der Waals surface area contributed by atoms with Crippen LogP contribution in [-0.2, 0) is 6.18 Å². The third-order valence-electron chi connectivity index (χ3n) is 3.11. The quantitative estimate of drug-likeness (QED) is 0.688. The molecule has 3 rings (SSSR count). The molecule has 0 aliphatic heterocycles. The van der Waals surface area contributed by atoms with Gasteiger partial charge in [0.25, 0.3) is 0 Å². The van der Waals surface area contributed by atoms with Crippen molar-refractivity contribution in [3.63, 3.8) is 0 Å². The number of carbonyl (C=O) groups is 1. The number of hydrogen-bond donors (Lipinski definition) is 0. The highest BCUT2D eigenvalue weighted by Crippen LogP contribution is 2.36. The van der Waals surface area contributed by atoms with E-state index in [1.807, 2.05) is 0 Å². The normalized spacial score (nSPS) is 11.6.